The summed E-state index contributed by atoms with van der Waals surface area (Å²) >= 11 is 0. The molecule has 0 aromatic heterocycles. The number of aliphatic hydroxyl groups is 1. The second kappa shape index (κ2) is 8.03. The molecule has 0 aliphatic carbocycles. The Labute approximate surface area is 105 Å². The molecule has 0 radical (unpaired) electrons. The highest BCUT2D eigenvalue weighted by Crippen LogP contribution is 2.18. The van der Waals surface area contributed by atoms with Gasteiger partial charge in [0.05, 0.1) is 13.2 Å². The van der Waals surface area contributed by atoms with E-state index in [0.717, 1.165) is 52.4 Å². The minimum Gasteiger partial charge on any atom is -0.396 e. The molecule has 2 N–H and O–H groups in total. The van der Waals surface area contributed by atoms with E-state index in [1.807, 2.05) is 0 Å². The molecule has 1 saturated heterocycles. The number of nitrogens with one attached hydrogen (secondary N) is 1. The first-order valence-electron chi connectivity index (χ1n) is 6.82. The largest absolute Gasteiger partial charge is 0.396 e. The van der Waals surface area contributed by atoms with Crippen LogP contribution in [0.5, 0.6) is 0 Å². The zero-order valence-corrected chi connectivity index (χ0v) is 11.4. The Kier molecular flexibility index (Phi) is 7.04. The van der Waals surface area contributed by atoms with Crippen molar-refractivity contribution in [1.82, 2.24) is 10.2 Å². The predicted octanol–water partition coefficient (Wildman–Crippen LogP) is 0.707. The molecule has 0 spiro atoms. The standard InChI is InChI=1S/C13H28N2O2/c1-3-13(2,12-16)11-14-5-4-6-15-7-9-17-10-8-15/h14,16H,3-12H2,1-2H3. The summed E-state index contributed by atoms with van der Waals surface area (Å²) in [5, 5.41) is 12.7. The summed E-state index contributed by atoms with van der Waals surface area (Å²) in [4.78, 5) is 2.45. The second-order valence-corrected chi connectivity index (χ2v) is 5.31. The van der Waals surface area contributed by atoms with E-state index in [0.29, 0.717) is 0 Å². The van der Waals surface area contributed by atoms with Crippen LogP contribution in [0.1, 0.15) is 26.7 Å². The van der Waals surface area contributed by atoms with Gasteiger partial charge in [0.25, 0.3) is 0 Å². The number of ether oxygens (including phenoxy) is 1. The van der Waals surface area contributed by atoms with Gasteiger partial charge in [0.2, 0.25) is 0 Å². The molecule has 0 aromatic carbocycles. The van der Waals surface area contributed by atoms with Gasteiger partial charge >= 0.3 is 0 Å². The van der Waals surface area contributed by atoms with Gasteiger partial charge in [-0.2, -0.15) is 0 Å². The van der Waals surface area contributed by atoms with Crippen molar-refractivity contribution in [1.29, 1.82) is 0 Å². The van der Waals surface area contributed by atoms with Gasteiger partial charge in [-0.25, -0.2) is 0 Å². The van der Waals surface area contributed by atoms with Gasteiger partial charge in [-0.05, 0) is 25.9 Å². The fraction of sp³-hybridized carbons (Fsp3) is 1.00. The van der Waals surface area contributed by atoms with Gasteiger partial charge in [0.15, 0.2) is 0 Å². The molecule has 4 nitrogen and oxygen atoms in total. The summed E-state index contributed by atoms with van der Waals surface area (Å²) < 4.78 is 5.32. The number of hydrogen-bond donors (Lipinski definition) is 2. The third-order valence-corrected chi connectivity index (χ3v) is 3.72. The molecular formula is C13H28N2O2. The summed E-state index contributed by atoms with van der Waals surface area (Å²) in [6, 6.07) is 0. The molecule has 1 atom stereocenters. The summed E-state index contributed by atoms with van der Waals surface area (Å²) in [6.07, 6.45) is 2.19. The highest BCUT2D eigenvalue weighted by Gasteiger charge is 2.19. The highest BCUT2D eigenvalue weighted by atomic mass is 16.5. The van der Waals surface area contributed by atoms with Gasteiger partial charge < -0.3 is 15.2 Å². The van der Waals surface area contributed by atoms with Crippen LogP contribution < -0.4 is 5.32 Å². The minimum absolute atomic E-state index is 0.0406. The number of rotatable bonds is 8. The van der Waals surface area contributed by atoms with Crippen LogP contribution in [-0.2, 0) is 4.74 Å². The maximum absolute atomic E-state index is 9.28. The average molecular weight is 244 g/mol. The van der Waals surface area contributed by atoms with Gasteiger partial charge in [0.1, 0.15) is 0 Å². The monoisotopic (exact) mass is 244 g/mol. The number of morpholine rings is 1. The number of aliphatic hydroxyl groups excluding tert-OH is 1. The van der Waals surface area contributed by atoms with E-state index >= 15 is 0 Å². The summed E-state index contributed by atoms with van der Waals surface area (Å²) in [5.41, 5.74) is 0.0406. The number of nitrogens with zero attached hydrogens (tertiary/aromatic N) is 1. The minimum atomic E-state index is 0.0406. The SMILES string of the molecule is CCC(C)(CO)CNCCCN1CCOCC1. The molecule has 17 heavy (non-hydrogen) atoms. The zero-order valence-electron chi connectivity index (χ0n) is 11.4. The van der Waals surface area contributed by atoms with E-state index in [4.69, 9.17) is 4.74 Å². The van der Waals surface area contributed by atoms with Crippen molar-refractivity contribution in [2.75, 3.05) is 52.5 Å². The first kappa shape index (κ1) is 14.9. The van der Waals surface area contributed by atoms with Crippen LogP contribution in [0.15, 0.2) is 0 Å². The quantitative estimate of drug-likeness (QED) is 0.617. The predicted molar refractivity (Wildman–Crippen MR) is 70.2 cm³/mol. The molecule has 1 fully saturated rings. The van der Waals surface area contributed by atoms with Crippen molar-refractivity contribution in [3.8, 4) is 0 Å². The lowest BCUT2D eigenvalue weighted by atomic mass is 9.89. The van der Waals surface area contributed by atoms with Crippen LogP contribution in [0.25, 0.3) is 0 Å². The summed E-state index contributed by atoms with van der Waals surface area (Å²) in [7, 11) is 0. The van der Waals surface area contributed by atoms with Crippen molar-refractivity contribution in [3.05, 3.63) is 0 Å². The van der Waals surface area contributed by atoms with Crippen molar-refractivity contribution in [2.45, 2.75) is 26.7 Å². The summed E-state index contributed by atoms with van der Waals surface area (Å²) in [5.74, 6) is 0. The topological polar surface area (TPSA) is 44.7 Å². The van der Waals surface area contributed by atoms with E-state index in [1.165, 1.54) is 6.42 Å². The number of hydrogen-bond acceptors (Lipinski definition) is 4. The van der Waals surface area contributed by atoms with E-state index in [2.05, 4.69) is 24.1 Å². The van der Waals surface area contributed by atoms with Gasteiger partial charge in [-0.3, -0.25) is 4.90 Å². The second-order valence-electron chi connectivity index (χ2n) is 5.31. The van der Waals surface area contributed by atoms with Gasteiger partial charge in [-0.1, -0.05) is 13.8 Å². The molecule has 4 heteroatoms. The molecule has 1 heterocycles. The molecule has 102 valence electrons. The Morgan fingerprint density at radius 3 is 2.65 bits per heavy atom. The Morgan fingerprint density at radius 1 is 1.35 bits per heavy atom. The maximum atomic E-state index is 9.28. The molecule has 1 aliphatic rings. The fourth-order valence-corrected chi connectivity index (χ4v) is 1.94. The van der Waals surface area contributed by atoms with E-state index in [-0.39, 0.29) is 12.0 Å². The first-order valence-corrected chi connectivity index (χ1v) is 6.82. The van der Waals surface area contributed by atoms with Crippen LogP contribution in [0, 0.1) is 5.41 Å². The third-order valence-electron chi connectivity index (χ3n) is 3.72. The zero-order chi connectivity index (χ0) is 12.6. The lowest BCUT2D eigenvalue weighted by molar-refractivity contribution is 0.0373. The smallest absolute Gasteiger partial charge is 0.0594 e. The Balaban J connectivity index is 2.00. The van der Waals surface area contributed by atoms with Crippen LogP contribution in [0.4, 0.5) is 0 Å². The Bertz CT molecular complexity index is 190. The average Bonchev–Trinajstić information content (AvgIpc) is 2.39. The van der Waals surface area contributed by atoms with Crippen molar-refractivity contribution in [2.24, 2.45) is 5.41 Å². The Hall–Kier alpha value is -0.160. The van der Waals surface area contributed by atoms with Crippen molar-refractivity contribution >= 4 is 0 Å². The molecule has 0 aromatic rings. The van der Waals surface area contributed by atoms with E-state index in [1.54, 1.807) is 0 Å². The molecule has 1 unspecified atom stereocenters. The Morgan fingerprint density at radius 2 is 2.06 bits per heavy atom. The molecule has 0 amide bonds. The fourth-order valence-electron chi connectivity index (χ4n) is 1.94. The molecule has 0 saturated carbocycles. The van der Waals surface area contributed by atoms with Crippen LogP contribution >= 0.6 is 0 Å². The van der Waals surface area contributed by atoms with Crippen LogP contribution in [-0.4, -0.2) is 62.6 Å². The summed E-state index contributed by atoms with van der Waals surface area (Å²) in [6.45, 7) is 11.5. The van der Waals surface area contributed by atoms with Crippen LogP contribution in [0.2, 0.25) is 0 Å². The molecule has 1 rings (SSSR count). The lowest BCUT2D eigenvalue weighted by Crippen LogP contribution is -2.39. The van der Waals surface area contributed by atoms with E-state index in [9.17, 15) is 5.11 Å². The van der Waals surface area contributed by atoms with Crippen LogP contribution in [0.3, 0.4) is 0 Å². The van der Waals surface area contributed by atoms with Gasteiger partial charge in [0, 0.05) is 31.7 Å². The van der Waals surface area contributed by atoms with E-state index < -0.39 is 0 Å². The normalized spacial score (nSPS) is 21.4. The third kappa shape index (κ3) is 5.82. The molecule has 1 aliphatic heterocycles. The van der Waals surface area contributed by atoms with Crippen molar-refractivity contribution in [3.63, 3.8) is 0 Å². The highest BCUT2D eigenvalue weighted by molar-refractivity contribution is 4.74. The first-order chi connectivity index (χ1) is 8.20. The van der Waals surface area contributed by atoms with Crippen molar-refractivity contribution < 1.29 is 9.84 Å². The van der Waals surface area contributed by atoms with Gasteiger partial charge in [-0.15, -0.1) is 0 Å². The molecular weight excluding hydrogens is 216 g/mol. The lowest BCUT2D eigenvalue weighted by Gasteiger charge is -2.28. The molecule has 0 bridgehead atoms. The maximum Gasteiger partial charge on any atom is 0.0594 e.